The first kappa shape index (κ1) is 18.9. The molecule has 1 amide bonds. The van der Waals surface area contributed by atoms with Crippen LogP contribution in [0.1, 0.15) is 27.8 Å². The quantitative estimate of drug-likeness (QED) is 0.678. The van der Waals surface area contributed by atoms with Crippen LogP contribution in [0.4, 0.5) is 5.82 Å². The Morgan fingerprint density at radius 1 is 1.10 bits per heavy atom. The molecule has 1 N–H and O–H groups in total. The van der Waals surface area contributed by atoms with Gasteiger partial charge in [0.15, 0.2) is 5.82 Å². The average Bonchev–Trinajstić information content (AvgIpc) is 3.27. The molecule has 150 valence electrons. The van der Waals surface area contributed by atoms with Crippen molar-refractivity contribution in [1.82, 2.24) is 35.0 Å². The maximum atomic E-state index is 12.7. The van der Waals surface area contributed by atoms with Gasteiger partial charge in [-0.1, -0.05) is 0 Å². The van der Waals surface area contributed by atoms with Gasteiger partial charge in [-0.3, -0.25) is 4.79 Å². The number of hydrogen-bond acceptors (Lipinski definition) is 8. The predicted octanol–water partition coefficient (Wildman–Crippen LogP) is 0.836. The summed E-state index contributed by atoms with van der Waals surface area (Å²) in [5, 5.41) is 6.99. The highest BCUT2D eigenvalue weighted by molar-refractivity contribution is 5.92. The Kier molecular flexibility index (Phi) is 5.43. The summed E-state index contributed by atoms with van der Waals surface area (Å²) < 4.78 is 6.98. The van der Waals surface area contributed by atoms with Crippen LogP contribution in [0.2, 0.25) is 0 Å². The standard InChI is InChI=1S/C19H22N8O2/c1-13-10-17(26-6-8-29-9-7-26)25-16(22-13)12-20-19(28)15-11-18(24-14(2)23-15)27-5-3-4-21-27/h3-5,10-11H,6-9,12H2,1-2H3,(H,20,28). The van der Waals surface area contributed by atoms with Crippen molar-refractivity contribution in [3.05, 3.63) is 53.6 Å². The zero-order valence-corrected chi connectivity index (χ0v) is 16.4. The lowest BCUT2D eigenvalue weighted by Gasteiger charge is -2.28. The molecule has 29 heavy (non-hydrogen) atoms. The van der Waals surface area contributed by atoms with Crippen molar-refractivity contribution in [2.45, 2.75) is 20.4 Å². The van der Waals surface area contributed by atoms with Gasteiger partial charge in [-0.2, -0.15) is 5.10 Å². The van der Waals surface area contributed by atoms with Gasteiger partial charge in [0, 0.05) is 43.3 Å². The first-order valence-electron chi connectivity index (χ1n) is 9.39. The lowest BCUT2D eigenvalue weighted by atomic mass is 10.3. The van der Waals surface area contributed by atoms with Crippen LogP contribution in [0.25, 0.3) is 5.82 Å². The summed E-state index contributed by atoms with van der Waals surface area (Å²) in [5.41, 5.74) is 1.12. The molecule has 0 aromatic carbocycles. The van der Waals surface area contributed by atoms with Crippen molar-refractivity contribution in [3.8, 4) is 5.82 Å². The Hall–Kier alpha value is -3.40. The molecule has 0 radical (unpaired) electrons. The highest BCUT2D eigenvalue weighted by Crippen LogP contribution is 2.14. The van der Waals surface area contributed by atoms with Crippen molar-refractivity contribution in [1.29, 1.82) is 0 Å². The van der Waals surface area contributed by atoms with Crippen LogP contribution in [-0.2, 0) is 11.3 Å². The monoisotopic (exact) mass is 394 g/mol. The van der Waals surface area contributed by atoms with E-state index in [1.165, 1.54) is 0 Å². The number of hydrogen-bond donors (Lipinski definition) is 1. The Bertz CT molecular complexity index is 999. The van der Waals surface area contributed by atoms with Gasteiger partial charge < -0.3 is 15.0 Å². The van der Waals surface area contributed by atoms with Gasteiger partial charge in [0.1, 0.15) is 23.2 Å². The second-order valence-corrected chi connectivity index (χ2v) is 6.68. The van der Waals surface area contributed by atoms with Gasteiger partial charge in [0.05, 0.1) is 19.8 Å². The molecular weight excluding hydrogens is 372 g/mol. The number of carbonyl (C=O) groups is 1. The highest BCUT2D eigenvalue weighted by atomic mass is 16.5. The van der Waals surface area contributed by atoms with Gasteiger partial charge >= 0.3 is 0 Å². The number of anilines is 1. The summed E-state index contributed by atoms with van der Waals surface area (Å²) in [6.07, 6.45) is 3.41. The second-order valence-electron chi connectivity index (χ2n) is 6.68. The van der Waals surface area contributed by atoms with E-state index in [0.29, 0.717) is 30.7 Å². The number of nitrogens with one attached hydrogen (secondary N) is 1. The fourth-order valence-electron chi connectivity index (χ4n) is 3.09. The molecular formula is C19H22N8O2. The van der Waals surface area contributed by atoms with Crippen molar-refractivity contribution >= 4 is 11.7 Å². The third-order valence-corrected chi connectivity index (χ3v) is 4.43. The predicted molar refractivity (Wildman–Crippen MR) is 105 cm³/mol. The lowest BCUT2D eigenvalue weighted by molar-refractivity contribution is 0.0944. The van der Waals surface area contributed by atoms with Gasteiger partial charge in [0.25, 0.3) is 5.91 Å². The topological polar surface area (TPSA) is 111 Å². The van der Waals surface area contributed by atoms with Gasteiger partial charge in [-0.25, -0.2) is 24.6 Å². The number of ether oxygens (including phenoxy) is 1. The molecule has 1 fully saturated rings. The van der Waals surface area contributed by atoms with Crippen molar-refractivity contribution in [3.63, 3.8) is 0 Å². The van der Waals surface area contributed by atoms with E-state index in [2.05, 4.69) is 35.3 Å². The van der Waals surface area contributed by atoms with Crippen LogP contribution in [0.5, 0.6) is 0 Å². The van der Waals surface area contributed by atoms with Crippen molar-refractivity contribution in [2.24, 2.45) is 0 Å². The Morgan fingerprint density at radius 3 is 2.69 bits per heavy atom. The second kappa shape index (κ2) is 8.31. The zero-order chi connectivity index (χ0) is 20.2. The van der Waals surface area contributed by atoms with Crippen molar-refractivity contribution in [2.75, 3.05) is 31.2 Å². The van der Waals surface area contributed by atoms with Crippen LogP contribution in [-0.4, -0.2) is 61.9 Å². The first-order valence-corrected chi connectivity index (χ1v) is 9.39. The maximum Gasteiger partial charge on any atom is 0.270 e. The van der Waals surface area contributed by atoms with Crippen LogP contribution < -0.4 is 10.2 Å². The Labute approximate surface area is 168 Å². The largest absolute Gasteiger partial charge is 0.378 e. The fourth-order valence-corrected chi connectivity index (χ4v) is 3.09. The number of carbonyl (C=O) groups excluding carboxylic acids is 1. The minimum atomic E-state index is -0.318. The summed E-state index contributed by atoms with van der Waals surface area (Å²) in [6, 6.07) is 5.34. The molecule has 0 aliphatic carbocycles. The summed E-state index contributed by atoms with van der Waals surface area (Å²) in [6.45, 7) is 6.81. The number of aromatic nitrogens is 6. The number of morpholine rings is 1. The fraction of sp³-hybridized carbons (Fsp3) is 0.368. The highest BCUT2D eigenvalue weighted by Gasteiger charge is 2.16. The number of amides is 1. The van der Waals surface area contributed by atoms with E-state index in [-0.39, 0.29) is 18.1 Å². The molecule has 4 rings (SSSR count). The molecule has 0 saturated carbocycles. The SMILES string of the molecule is Cc1cc(N2CCOCC2)nc(CNC(=O)c2cc(-n3cccn3)nc(C)n2)n1. The first-order chi connectivity index (χ1) is 14.1. The van der Waals surface area contributed by atoms with E-state index in [1.807, 2.05) is 13.0 Å². The van der Waals surface area contributed by atoms with E-state index in [0.717, 1.165) is 24.6 Å². The molecule has 0 spiro atoms. The summed E-state index contributed by atoms with van der Waals surface area (Å²) in [4.78, 5) is 32.4. The third kappa shape index (κ3) is 4.54. The molecule has 1 saturated heterocycles. The van der Waals surface area contributed by atoms with E-state index in [1.54, 1.807) is 36.1 Å². The van der Waals surface area contributed by atoms with Crippen molar-refractivity contribution < 1.29 is 9.53 Å². The van der Waals surface area contributed by atoms with Crippen LogP contribution >= 0.6 is 0 Å². The van der Waals surface area contributed by atoms with Gasteiger partial charge in [0.2, 0.25) is 0 Å². The van der Waals surface area contributed by atoms with E-state index in [4.69, 9.17) is 4.74 Å². The van der Waals surface area contributed by atoms with Crippen LogP contribution in [0.15, 0.2) is 30.6 Å². The number of aryl methyl sites for hydroxylation is 2. The maximum absolute atomic E-state index is 12.7. The number of rotatable bonds is 5. The summed E-state index contributed by atoms with van der Waals surface area (Å²) in [5.74, 6) is 2.11. The molecule has 0 unspecified atom stereocenters. The molecule has 3 aromatic rings. The molecule has 0 atom stereocenters. The Balaban J connectivity index is 1.48. The van der Waals surface area contributed by atoms with E-state index < -0.39 is 0 Å². The van der Waals surface area contributed by atoms with Crippen LogP contribution in [0.3, 0.4) is 0 Å². The van der Waals surface area contributed by atoms with E-state index in [9.17, 15) is 4.79 Å². The molecule has 1 aliphatic rings. The van der Waals surface area contributed by atoms with Gasteiger partial charge in [-0.05, 0) is 19.9 Å². The lowest BCUT2D eigenvalue weighted by Crippen LogP contribution is -2.37. The number of nitrogens with zero attached hydrogens (tertiary/aromatic N) is 7. The minimum absolute atomic E-state index is 0.206. The molecule has 4 heterocycles. The minimum Gasteiger partial charge on any atom is -0.378 e. The third-order valence-electron chi connectivity index (χ3n) is 4.43. The molecule has 10 heteroatoms. The molecule has 10 nitrogen and oxygen atoms in total. The molecule has 1 aliphatic heterocycles. The van der Waals surface area contributed by atoms with Crippen LogP contribution in [0, 0.1) is 13.8 Å². The summed E-state index contributed by atoms with van der Waals surface area (Å²) in [7, 11) is 0. The summed E-state index contributed by atoms with van der Waals surface area (Å²) >= 11 is 0. The van der Waals surface area contributed by atoms with Gasteiger partial charge in [-0.15, -0.1) is 0 Å². The smallest absolute Gasteiger partial charge is 0.270 e. The molecule has 0 bridgehead atoms. The van der Waals surface area contributed by atoms with E-state index >= 15 is 0 Å². The zero-order valence-electron chi connectivity index (χ0n) is 16.4. The molecule has 3 aromatic heterocycles. The normalized spacial score (nSPS) is 14.1. The Morgan fingerprint density at radius 2 is 1.93 bits per heavy atom. The average molecular weight is 394 g/mol.